The Morgan fingerprint density at radius 1 is 1.03 bits per heavy atom. The third kappa shape index (κ3) is 4.66. The monoisotopic (exact) mass is 482 g/mol. The molecular weight excluding hydrogens is 452 g/mol. The first kappa shape index (κ1) is 22.6. The molecule has 0 atom stereocenters. The molecule has 6 rings (SSSR count). The maximum atomic E-state index is 13.3. The van der Waals surface area contributed by atoms with E-state index in [1.165, 1.54) is 19.2 Å². The third-order valence-corrected chi connectivity index (χ3v) is 7.16. The standard InChI is InChI=1S/C27H30N8O/c36-27(33-22-5-6-25(30-16-22)34-11-1-2-12-34)26-24-13-19(3-4-20(24)14-29-18-31-26)21-15-32-35(17-21)23-7-9-28-10-8-23/h3-6,13,15-18,23,28H,1-2,7-12,14H2,(H,33,36). The second-order valence-corrected chi connectivity index (χ2v) is 9.55. The number of aliphatic imine (C=N–C) groups is 2. The molecule has 3 aromatic rings. The number of hydrogen-bond acceptors (Lipinski definition) is 7. The van der Waals surface area contributed by atoms with Crippen molar-refractivity contribution in [3.05, 3.63) is 60.0 Å². The van der Waals surface area contributed by atoms with Crippen molar-refractivity contribution in [2.24, 2.45) is 9.98 Å². The number of nitrogens with zero attached hydrogens (tertiary/aromatic N) is 6. The number of hydrogen-bond donors (Lipinski definition) is 2. The number of nitrogens with one attached hydrogen (secondary N) is 2. The minimum Gasteiger partial charge on any atom is -0.357 e. The summed E-state index contributed by atoms with van der Waals surface area (Å²) in [4.78, 5) is 28.9. The minimum atomic E-state index is -0.275. The second kappa shape index (κ2) is 10.0. The molecule has 0 radical (unpaired) electrons. The van der Waals surface area contributed by atoms with Crippen LogP contribution in [0.2, 0.25) is 0 Å². The fraction of sp³-hybridized carbons (Fsp3) is 0.370. The zero-order chi connectivity index (χ0) is 24.3. The number of anilines is 2. The highest BCUT2D eigenvalue weighted by molar-refractivity contribution is 6.50. The number of rotatable bonds is 5. The first-order valence-corrected chi connectivity index (χ1v) is 12.7. The van der Waals surface area contributed by atoms with Crippen LogP contribution in [-0.4, -0.2) is 58.9 Å². The Balaban J connectivity index is 1.23. The van der Waals surface area contributed by atoms with Gasteiger partial charge in [-0.1, -0.05) is 12.1 Å². The largest absolute Gasteiger partial charge is 0.357 e. The van der Waals surface area contributed by atoms with Crippen LogP contribution in [0.1, 0.15) is 42.9 Å². The molecular formula is C27H30N8O. The van der Waals surface area contributed by atoms with Gasteiger partial charge in [-0.25, -0.2) is 9.98 Å². The molecule has 1 aromatic carbocycles. The first-order valence-electron chi connectivity index (χ1n) is 12.7. The summed E-state index contributed by atoms with van der Waals surface area (Å²) in [6.45, 7) is 4.58. The summed E-state index contributed by atoms with van der Waals surface area (Å²) < 4.78 is 2.07. The van der Waals surface area contributed by atoms with Crippen molar-refractivity contribution in [3.8, 4) is 11.1 Å². The lowest BCUT2D eigenvalue weighted by Crippen LogP contribution is -2.29. The van der Waals surface area contributed by atoms with E-state index >= 15 is 0 Å². The summed E-state index contributed by atoms with van der Waals surface area (Å²) in [5, 5.41) is 11.0. The average Bonchev–Trinajstić information content (AvgIpc) is 3.59. The molecule has 0 bridgehead atoms. The van der Waals surface area contributed by atoms with E-state index in [1.54, 1.807) is 6.20 Å². The van der Waals surface area contributed by atoms with Gasteiger partial charge in [-0.15, -0.1) is 0 Å². The molecule has 9 nitrogen and oxygen atoms in total. The minimum absolute atomic E-state index is 0.275. The van der Waals surface area contributed by atoms with E-state index in [4.69, 9.17) is 0 Å². The average molecular weight is 483 g/mol. The summed E-state index contributed by atoms with van der Waals surface area (Å²) in [7, 11) is 0. The van der Waals surface area contributed by atoms with Gasteiger partial charge < -0.3 is 15.5 Å². The van der Waals surface area contributed by atoms with E-state index in [0.29, 0.717) is 24.0 Å². The van der Waals surface area contributed by atoms with Gasteiger partial charge in [0.25, 0.3) is 5.91 Å². The Kier molecular flexibility index (Phi) is 6.29. The van der Waals surface area contributed by atoms with Crippen LogP contribution in [0.3, 0.4) is 0 Å². The number of benzene rings is 1. The van der Waals surface area contributed by atoms with Gasteiger partial charge in [0.1, 0.15) is 17.9 Å². The SMILES string of the molecule is O=C(Nc1ccc(N2CCCC2)nc1)C1=NC=NCc2ccc(-c3cnn(C4CCNCC4)c3)cc21. The van der Waals surface area contributed by atoms with Crippen molar-refractivity contribution < 1.29 is 4.79 Å². The highest BCUT2D eigenvalue weighted by Gasteiger charge is 2.22. The highest BCUT2D eigenvalue weighted by atomic mass is 16.1. The van der Waals surface area contributed by atoms with Crippen LogP contribution in [0.4, 0.5) is 11.5 Å². The van der Waals surface area contributed by atoms with E-state index < -0.39 is 0 Å². The summed E-state index contributed by atoms with van der Waals surface area (Å²) in [6, 6.07) is 10.4. The zero-order valence-electron chi connectivity index (χ0n) is 20.2. The molecule has 0 saturated carbocycles. The molecule has 3 aliphatic rings. The lowest BCUT2D eigenvalue weighted by Gasteiger charge is -2.22. The molecule has 3 aliphatic heterocycles. The number of aromatic nitrogens is 3. The summed E-state index contributed by atoms with van der Waals surface area (Å²) >= 11 is 0. The van der Waals surface area contributed by atoms with Gasteiger partial charge in [-0.3, -0.25) is 14.5 Å². The molecule has 2 fully saturated rings. The van der Waals surface area contributed by atoms with Gasteiger partial charge in [0.2, 0.25) is 0 Å². The second-order valence-electron chi connectivity index (χ2n) is 9.55. The normalized spacial score (nSPS) is 18.0. The lowest BCUT2D eigenvalue weighted by atomic mass is 9.97. The number of carbonyl (C=O) groups excluding carboxylic acids is 1. The van der Waals surface area contributed by atoms with Gasteiger partial charge in [-0.2, -0.15) is 5.10 Å². The van der Waals surface area contributed by atoms with E-state index in [9.17, 15) is 4.79 Å². The van der Waals surface area contributed by atoms with Gasteiger partial charge in [-0.05, 0) is 68.1 Å². The maximum Gasteiger partial charge on any atom is 0.275 e. The highest BCUT2D eigenvalue weighted by Crippen LogP contribution is 2.27. The lowest BCUT2D eigenvalue weighted by molar-refractivity contribution is -0.110. The van der Waals surface area contributed by atoms with Crippen LogP contribution in [0.15, 0.2) is 58.9 Å². The Bertz CT molecular complexity index is 1300. The fourth-order valence-electron chi connectivity index (χ4n) is 5.14. The molecule has 2 aromatic heterocycles. The van der Waals surface area contributed by atoms with Crippen molar-refractivity contribution in [3.63, 3.8) is 0 Å². The van der Waals surface area contributed by atoms with E-state index in [1.807, 2.05) is 30.5 Å². The van der Waals surface area contributed by atoms with Crippen molar-refractivity contribution >= 4 is 29.5 Å². The zero-order valence-corrected chi connectivity index (χ0v) is 20.2. The van der Waals surface area contributed by atoms with E-state index in [-0.39, 0.29) is 5.91 Å². The smallest absolute Gasteiger partial charge is 0.275 e. The number of carbonyl (C=O) groups is 1. The molecule has 2 N–H and O–H groups in total. The Hall–Kier alpha value is -3.85. The molecule has 2 saturated heterocycles. The van der Waals surface area contributed by atoms with E-state index in [2.05, 4.69) is 52.5 Å². The van der Waals surface area contributed by atoms with E-state index in [0.717, 1.165) is 67.1 Å². The molecule has 184 valence electrons. The van der Waals surface area contributed by atoms with Gasteiger partial charge >= 0.3 is 0 Å². The van der Waals surface area contributed by atoms with Crippen LogP contribution < -0.4 is 15.5 Å². The third-order valence-electron chi connectivity index (χ3n) is 7.16. The summed E-state index contributed by atoms with van der Waals surface area (Å²) in [5.41, 5.74) is 4.79. The number of amides is 1. The number of fused-ring (bicyclic) bond motifs is 1. The predicted octanol–water partition coefficient (Wildman–Crippen LogP) is 3.44. The van der Waals surface area contributed by atoms with Crippen LogP contribution in [0.25, 0.3) is 11.1 Å². The maximum absolute atomic E-state index is 13.3. The van der Waals surface area contributed by atoms with Gasteiger partial charge in [0.15, 0.2) is 0 Å². The summed E-state index contributed by atoms with van der Waals surface area (Å²) in [6.07, 6.45) is 11.7. The number of piperidine rings is 1. The number of pyridine rings is 1. The van der Waals surface area contributed by atoms with Crippen molar-refractivity contribution in [2.75, 3.05) is 36.4 Å². The van der Waals surface area contributed by atoms with Gasteiger partial charge in [0, 0.05) is 30.4 Å². The first-order chi connectivity index (χ1) is 17.7. The quantitative estimate of drug-likeness (QED) is 0.580. The predicted molar refractivity (Wildman–Crippen MR) is 142 cm³/mol. The summed E-state index contributed by atoms with van der Waals surface area (Å²) in [5.74, 6) is 0.673. The molecule has 0 aliphatic carbocycles. The molecule has 36 heavy (non-hydrogen) atoms. The van der Waals surface area contributed by atoms with Crippen LogP contribution >= 0.6 is 0 Å². The van der Waals surface area contributed by atoms with Crippen LogP contribution in [-0.2, 0) is 11.3 Å². The van der Waals surface area contributed by atoms with Crippen LogP contribution in [0.5, 0.6) is 0 Å². The topological polar surface area (TPSA) is 99.8 Å². The molecule has 1 amide bonds. The van der Waals surface area contributed by atoms with Crippen LogP contribution in [0, 0.1) is 0 Å². The van der Waals surface area contributed by atoms with Crippen molar-refractivity contribution in [2.45, 2.75) is 38.3 Å². The Morgan fingerprint density at radius 2 is 1.89 bits per heavy atom. The van der Waals surface area contributed by atoms with Gasteiger partial charge in [0.05, 0.1) is 30.7 Å². The molecule has 0 spiro atoms. The Labute approximate surface area is 210 Å². The molecule has 0 unspecified atom stereocenters. The molecule has 5 heterocycles. The Morgan fingerprint density at radius 3 is 2.69 bits per heavy atom. The fourth-order valence-corrected chi connectivity index (χ4v) is 5.14. The molecule has 9 heteroatoms. The van der Waals surface area contributed by atoms with Crippen molar-refractivity contribution in [1.29, 1.82) is 0 Å². The van der Waals surface area contributed by atoms with Crippen molar-refractivity contribution in [1.82, 2.24) is 20.1 Å².